The Bertz CT molecular complexity index is 1050. The first-order valence-electron chi connectivity index (χ1n) is 11.5. The SMILES string of the molecule is CCOc1ccc(NC(=O)COc2cccc3ccc(N4CCCCC4CC)nc23)cc1. The fraction of sp³-hybridized carbons (Fsp3) is 0.385. The minimum atomic E-state index is -0.218. The Morgan fingerprint density at radius 1 is 1.06 bits per heavy atom. The van der Waals surface area contributed by atoms with E-state index in [9.17, 15) is 4.79 Å². The molecule has 1 aliphatic heterocycles. The van der Waals surface area contributed by atoms with Gasteiger partial charge in [-0.15, -0.1) is 0 Å². The second-order valence-corrected chi connectivity index (χ2v) is 8.04. The molecule has 4 rings (SSSR count). The Kier molecular flexibility index (Phi) is 7.10. The molecule has 1 unspecified atom stereocenters. The zero-order chi connectivity index (χ0) is 22.3. The van der Waals surface area contributed by atoms with Crippen molar-refractivity contribution in [3.05, 3.63) is 54.6 Å². The van der Waals surface area contributed by atoms with Gasteiger partial charge in [0.15, 0.2) is 6.61 Å². The van der Waals surface area contributed by atoms with E-state index >= 15 is 0 Å². The highest BCUT2D eigenvalue weighted by molar-refractivity contribution is 5.92. The number of rotatable bonds is 8. The maximum atomic E-state index is 12.4. The molecule has 3 aromatic rings. The van der Waals surface area contributed by atoms with Crippen LogP contribution in [0.1, 0.15) is 39.5 Å². The van der Waals surface area contributed by atoms with Crippen LogP contribution >= 0.6 is 0 Å². The lowest BCUT2D eigenvalue weighted by atomic mass is 10.00. The van der Waals surface area contributed by atoms with E-state index in [-0.39, 0.29) is 12.5 Å². The van der Waals surface area contributed by atoms with Crippen LogP contribution in [0.25, 0.3) is 10.9 Å². The van der Waals surface area contributed by atoms with Gasteiger partial charge in [-0.1, -0.05) is 19.1 Å². The fourth-order valence-electron chi connectivity index (χ4n) is 4.25. The van der Waals surface area contributed by atoms with Crippen molar-refractivity contribution in [1.82, 2.24) is 4.98 Å². The van der Waals surface area contributed by atoms with Crippen LogP contribution in [0.5, 0.6) is 11.5 Å². The number of hydrogen-bond donors (Lipinski definition) is 1. The van der Waals surface area contributed by atoms with Gasteiger partial charge in [0.25, 0.3) is 5.91 Å². The Balaban J connectivity index is 1.45. The average molecular weight is 434 g/mol. The quantitative estimate of drug-likeness (QED) is 0.514. The highest BCUT2D eigenvalue weighted by atomic mass is 16.5. The Hall–Kier alpha value is -3.28. The number of pyridine rings is 1. The summed E-state index contributed by atoms with van der Waals surface area (Å²) >= 11 is 0. The minimum Gasteiger partial charge on any atom is -0.494 e. The molecule has 0 radical (unpaired) electrons. The lowest BCUT2D eigenvalue weighted by Crippen LogP contribution is -2.39. The van der Waals surface area contributed by atoms with Crippen molar-refractivity contribution in [3.63, 3.8) is 0 Å². The number of benzene rings is 2. The van der Waals surface area contributed by atoms with Gasteiger partial charge < -0.3 is 19.7 Å². The summed E-state index contributed by atoms with van der Waals surface area (Å²) in [5, 5.41) is 3.86. The maximum absolute atomic E-state index is 12.4. The predicted octanol–water partition coefficient (Wildman–Crippen LogP) is 5.42. The van der Waals surface area contributed by atoms with Gasteiger partial charge in [-0.05, 0) is 75.1 Å². The predicted molar refractivity (Wildman–Crippen MR) is 129 cm³/mol. The molecule has 0 aliphatic carbocycles. The van der Waals surface area contributed by atoms with Gasteiger partial charge in [0.05, 0.1) is 6.61 Å². The number of ether oxygens (including phenoxy) is 2. The molecule has 1 aliphatic rings. The van der Waals surface area contributed by atoms with Gasteiger partial charge in [-0.25, -0.2) is 4.98 Å². The number of para-hydroxylation sites is 1. The van der Waals surface area contributed by atoms with Crippen molar-refractivity contribution in [2.45, 2.75) is 45.6 Å². The number of nitrogens with one attached hydrogen (secondary N) is 1. The van der Waals surface area contributed by atoms with E-state index in [4.69, 9.17) is 14.5 Å². The molecule has 2 heterocycles. The lowest BCUT2D eigenvalue weighted by molar-refractivity contribution is -0.118. The molecule has 1 amide bonds. The molecule has 1 N–H and O–H groups in total. The average Bonchev–Trinajstić information content (AvgIpc) is 2.83. The molecule has 0 spiro atoms. The number of fused-ring (bicyclic) bond motifs is 1. The number of carbonyl (C=O) groups excluding carboxylic acids is 1. The highest BCUT2D eigenvalue weighted by Crippen LogP contribution is 2.30. The normalized spacial score (nSPS) is 16.1. The topological polar surface area (TPSA) is 63.7 Å². The number of anilines is 2. The fourth-order valence-corrected chi connectivity index (χ4v) is 4.25. The van der Waals surface area contributed by atoms with Crippen LogP contribution in [0.15, 0.2) is 54.6 Å². The first-order chi connectivity index (χ1) is 15.7. The molecule has 0 bridgehead atoms. The van der Waals surface area contributed by atoms with Crippen molar-refractivity contribution in [3.8, 4) is 11.5 Å². The van der Waals surface area contributed by atoms with Gasteiger partial charge in [-0.3, -0.25) is 4.79 Å². The third-order valence-electron chi connectivity index (χ3n) is 5.87. The summed E-state index contributed by atoms with van der Waals surface area (Å²) in [5.74, 6) is 2.16. The third-order valence-corrected chi connectivity index (χ3v) is 5.87. The maximum Gasteiger partial charge on any atom is 0.262 e. The molecule has 6 heteroatoms. The number of hydrogen-bond acceptors (Lipinski definition) is 5. The van der Waals surface area contributed by atoms with Crippen LogP contribution in [0, 0.1) is 0 Å². The smallest absolute Gasteiger partial charge is 0.262 e. The molecule has 1 saturated heterocycles. The van der Waals surface area contributed by atoms with E-state index in [1.165, 1.54) is 19.3 Å². The summed E-state index contributed by atoms with van der Waals surface area (Å²) in [5.41, 5.74) is 1.50. The molecular weight excluding hydrogens is 402 g/mol. The first kappa shape index (κ1) is 21.9. The van der Waals surface area contributed by atoms with Gasteiger partial charge in [-0.2, -0.15) is 0 Å². The summed E-state index contributed by atoms with van der Waals surface area (Å²) < 4.78 is 11.3. The number of piperidine rings is 1. The molecule has 32 heavy (non-hydrogen) atoms. The monoisotopic (exact) mass is 433 g/mol. The third kappa shape index (κ3) is 5.13. The van der Waals surface area contributed by atoms with Crippen molar-refractivity contribution >= 4 is 28.3 Å². The van der Waals surface area contributed by atoms with E-state index in [2.05, 4.69) is 29.3 Å². The molecule has 2 aromatic carbocycles. The van der Waals surface area contributed by atoms with E-state index in [0.29, 0.717) is 24.1 Å². The standard InChI is InChI=1S/C26H31N3O3/c1-3-21-9-5-6-17-29(21)24-16-11-19-8-7-10-23(26(19)28-24)32-18-25(30)27-20-12-14-22(15-13-20)31-4-2/h7-8,10-16,21H,3-6,9,17-18H2,1-2H3,(H,27,30). The van der Waals surface area contributed by atoms with Crippen molar-refractivity contribution in [2.75, 3.05) is 30.0 Å². The summed E-state index contributed by atoms with van der Waals surface area (Å²) in [6, 6.07) is 17.8. The number of carbonyl (C=O) groups is 1. The lowest BCUT2D eigenvalue weighted by Gasteiger charge is -2.36. The van der Waals surface area contributed by atoms with E-state index in [1.54, 1.807) is 0 Å². The minimum absolute atomic E-state index is 0.0838. The van der Waals surface area contributed by atoms with E-state index in [1.807, 2.05) is 49.4 Å². The Morgan fingerprint density at radius 2 is 1.91 bits per heavy atom. The zero-order valence-electron chi connectivity index (χ0n) is 18.8. The van der Waals surface area contributed by atoms with Crippen molar-refractivity contribution < 1.29 is 14.3 Å². The molecular formula is C26H31N3O3. The largest absolute Gasteiger partial charge is 0.494 e. The molecule has 1 atom stereocenters. The Labute approximate surface area is 189 Å². The second-order valence-electron chi connectivity index (χ2n) is 8.04. The summed E-state index contributed by atoms with van der Waals surface area (Å²) in [7, 11) is 0. The molecule has 168 valence electrons. The molecule has 1 fully saturated rings. The number of amides is 1. The number of aromatic nitrogens is 1. The summed E-state index contributed by atoms with van der Waals surface area (Å²) in [4.78, 5) is 19.8. The van der Waals surface area contributed by atoms with E-state index < -0.39 is 0 Å². The number of nitrogens with zero attached hydrogens (tertiary/aromatic N) is 2. The molecule has 1 aromatic heterocycles. The first-order valence-corrected chi connectivity index (χ1v) is 11.5. The van der Waals surface area contributed by atoms with Crippen LogP contribution in [0.2, 0.25) is 0 Å². The van der Waals surface area contributed by atoms with Crippen molar-refractivity contribution in [1.29, 1.82) is 0 Å². The van der Waals surface area contributed by atoms with Gasteiger partial charge in [0.2, 0.25) is 0 Å². The Morgan fingerprint density at radius 3 is 2.69 bits per heavy atom. The van der Waals surface area contributed by atoms with Gasteiger partial charge >= 0.3 is 0 Å². The van der Waals surface area contributed by atoms with E-state index in [0.717, 1.165) is 35.4 Å². The van der Waals surface area contributed by atoms with Crippen molar-refractivity contribution in [2.24, 2.45) is 0 Å². The van der Waals surface area contributed by atoms with Crippen LogP contribution < -0.4 is 19.7 Å². The summed E-state index contributed by atoms with van der Waals surface area (Å²) in [6.07, 6.45) is 4.80. The van der Waals surface area contributed by atoms with Crippen LogP contribution in [-0.4, -0.2) is 36.7 Å². The van der Waals surface area contributed by atoms with Crippen LogP contribution in [0.3, 0.4) is 0 Å². The second kappa shape index (κ2) is 10.4. The highest BCUT2D eigenvalue weighted by Gasteiger charge is 2.22. The van der Waals surface area contributed by atoms with Gasteiger partial charge in [0, 0.05) is 23.7 Å². The zero-order valence-corrected chi connectivity index (χ0v) is 18.8. The van der Waals surface area contributed by atoms with Gasteiger partial charge in [0.1, 0.15) is 22.8 Å². The van der Waals surface area contributed by atoms with Crippen LogP contribution in [0.4, 0.5) is 11.5 Å². The summed E-state index contributed by atoms with van der Waals surface area (Å²) in [6.45, 7) is 5.73. The molecule has 0 saturated carbocycles. The van der Waals surface area contributed by atoms with Crippen LogP contribution in [-0.2, 0) is 4.79 Å². The molecule has 6 nitrogen and oxygen atoms in total.